The summed E-state index contributed by atoms with van der Waals surface area (Å²) in [6, 6.07) is 0. The van der Waals surface area contributed by atoms with E-state index in [4.69, 9.17) is 19.4 Å². The minimum absolute atomic E-state index is 0.0439. The van der Waals surface area contributed by atoms with Gasteiger partial charge in [0, 0.05) is 13.1 Å². The van der Waals surface area contributed by atoms with Crippen molar-refractivity contribution in [3.8, 4) is 0 Å². The van der Waals surface area contributed by atoms with Gasteiger partial charge >= 0.3 is 24.2 Å². The molecule has 2 saturated heterocycles. The molecule has 0 saturated carbocycles. The zero-order chi connectivity index (χ0) is 18.8. The van der Waals surface area contributed by atoms with Crippen molar-refractivity contribution >= 4 is 18.0 Å². The van der Waals surface area contributed by atoms with Crippen molar-refractivity contribution in [2.24, 2.45) is 0 Å². The van der Waals surface area contributed by atoms with Crippen LogP contribution in [0.4, 0.5) is 18.0 Å². The van der Waals surface area contributed by atoms with Gasteiger partial charge in [-0.3, -0.25) is 9.69 Å². The van der Waals surface area contributed by atoms with Gasteiger partial charge in [0.25, 0.3) is 0 Å². The number of halogens is 3. The van der Waals surface area contributed by atoms with Crippen LogP contribution in [0.1, 0.15) is 20.8 Å². The lowest BCUT2D eigenvalue weighted by atomic mass is 9.92. The number of carboxylic acid groups (broad SMARTS) is 1. The van der Waals surface area contributed by atoms with Gasteiger partial charge in [0.05, 0.1) is 0 Å². The monoisotopic (exact) mass is 356 g/mol. The maximum absolute atomic E-state index is 11.7. The Bertz CT molecular complexity index is 511. The number of hydrogen-bond acceptors (Lipinski definition) is 6. The number of carbonyl (C=O) groups is 3. The van der Waals surface area contributed by atoms with Crippen LogP contribution in [0.5, 0.6) is 0 Å². The molecule has 8 nitrogen and oxygen atoms in total. The predicted octanol–water partition coefficient (Wildman–Crippen LogP) is 0.756. The van der Waals surface area contributed by atoms with Crippen molar-refractivity contribution < 1.29 is 42.1 Å². The molecular formula is C13H19F3N2O6. The van der Waals surface area contributed by atoms with Gasteiger partial charge in [0.1, 0.15) is 24.3 Å². The SMILES string of the molecule is CC(C)(C)OC(=O)CN1C(=O)OCC12CNC2.O=C(O)C(F)(F)F. The topological polar surface area (TPSA) is 105 Å². The zero-order valence-corrected chi connectivity index (χ0v) is 13.4. The van der Waals surface area contributed by atoms with Gasteiger partial charge in [0.2, 0.25) is 0 Å². The summed E-state index contributed by atoms with van der Waals surface area (Å²) in [6.45, 7) is 7.04. The lowest BCUT2D eigenvalue weighted by Crippen LogP contribution is -2.69. The van der Waals surface area contributed by atoms with Gasteiger partial charge in [-0.2, -0.15) is 13.2 Å². The molecule has 138 valence electrons. The van der Waals surface area contributed by atoms with Crippen molar-refractivity contribution in [1.29, 1.82) is 0 Å². The van der Waals surface area contributed by atoms with Crippen molar-refractivity contribution in [2.75, 3.05) is 26.2 Å². The second-order valence-electron chi connectivity index (χ2n) is 6.36. The number of carbonyl (C=O) groups excluding carboxylic acids is 2. The molecule has 0 aliphatic carbocycles. The van der Waals surface area contributed by atoms with E-state index < -0.39 is 29.8 Å². The number of nitrogens with zero attached hydrogens (tertiary/aromatic N) is 1. The van der Waals surface area contributed by atoms with Gasteiger partial charge in [-0.25, -0.2) is 9.59 Å². The molecule has 2 aliphatic heterocycles. The van der Waals surface area contributed by atoms with Crippen LogP contribution in [-0.4, -0.2) is 71.6 Å². The molecule has 0 atom stereocenters. The number of hydrogen-bond donors (Lipinski definition) is 2. The molecule has 0 bridgehead atoms. The standard InChI is InChI=1S/C11H18N2O4.C2HF3O2/c1-10(2,3)17-8(14)4-13-9(15)16-7-11(13)5-12-6-11;3-2(4,5)1(6)7/h12H,4-7H2,1-3H3;(H,6,7). The van der Waals surface area contributed by atoms with E-state index in [2.05, 4.69) is 5.32 Å². The highest BCUT2D eigenvalue weighted by Crippen LogP contribution is 2.28. The molecule has 1 amide bonds. The fraction of sp³-hybridized carbons (Fsp3) is 0.769. The summed E-state index contributed by atoms with van der Waals surface area (Å²) >= 11 is 0. The van der Waals surface area contributed by atoms with Crippen LogP contribution in [-0.2, 0) is 19.1 Å². The second-order valence-corrected chi connectivity index (χ2v) is 6.36. The third kappa shape index (κ3) is 5.25. The molecule has 2 aliphatic rings. The molecule has 11 heteroatoms. The number of ether oxygens (including phenoxy) is 2. The number of nitrogens with one attached hydrogen (secondary N) is 1. The van der Waals surface area contributed by atoms with E-state index in [1.54, 1.807) is 20.8 Å². The van der Waals surface area contributed by atoms with Crippen molar-refractivity contribution in [1.82, 2.24) is 10.2 Å². The average molecular weight is 356 g/mol. The van der Waals surface area contributed by atoms with E-state index in [-0.39, 0.29) is 12.1 Å². The number of aliphatic carboxylic acids is 1. The Morgan fingerprint density at radius 2 is 1.83 bits per heavy atom. The van der Waals surface area contributed by atoms with E-state index in [1.807, 2.05) is 0 Å². The molecule has 0 unspecified atom stereocenters. The number of rotatable bonds is 2. The lowest BCUT2D eigenvalue weighted by Gasteiger charge is -2.42. The fourth-order valence-corrected chi connectivity index (χ4v) is 1.99. The van der Waals surface area contributed by atoms with Crippen LogP contribution in [0.3, 0.4) is 0 Å². The highest BCUT2D eigenvalue weighted by molar-refractivity contribution is 5.80. The third-order valence-corrected chi connectivity index (χ3v) is 3.12. The number of amides is 1. The molecule has 2 N–H and O–H groups in total. The van der Waals surface area contributed by atoms with Crippen molar-refractivity contribution in [2.45, 2.75) is 38.1 Å². The van der Waals surface area contributed by atoms with Crippen LogP contribution in [0, 0.1) is 0 Å². The molecule has 0 aromatic heterocycles. The number of alkyl halides is 3. The molecule has 0 radical (unpaired) electrons. The van der Waals surface area contributed by atoms with Crippen LogP contribution in [0.15, 0.2) is 0 Å². The van der Waals surface area contributed by atoms with Crippen LogP contribution < -0.4 is 5.32 Å². The van der Waals surface area contributed by atoms with Crippen LogP contribution in [0.2, 0.25) is 0 Å². The van der Waals surface area contributed by atoms with Crippen molar-refractivity contribution in [3.05, 3.63) is 0 Å². The first-order chi connectivity index (χ1) is 10.8. The first-order valence-electron chi connectivity index (χ1n) is 6.94. The zero-order valence-electron chi connectivity index (χ0n) is 13.4. The van der Waals surface area contributed by atoms with Gasteiger partial charge in [-0.1, -0.05) is 0 Å². The molecule has 24 heavy (non-hydrogen) atoms. The van der Waals surface area contributed by atoms with E-state index >= 15 is 0 Å². The summed E-state index contributed by atoms with van der Waals surface area (Å²) in [6.07, 6.45) is -5.52. The summed E-state index contributed by atoms with van der Waals surface area (Å²) in [4.78, 5) is 33.6. The highest BCUT2D eigenvalue weighted by Gasteiger charge is 2.52. The molecule has 0 aromatic carbocycles. The normalized spacial score (nSPS) is 19.1. The Balaban J connectivity index is 0.000000351. The molecule has 2 heterocycles. The Kier molecular flexibility index (Phi) is 5.70. The molecular weight excluding hydrogens is 337 g/mol. The number of carboxylic acids is 1. The second kappa shape index (κ2) is 6.83. The van der Waals surface area contributed by atoms with Gasteiger partial charge < -0.3 is 19.9 Å². The summed E-state index contributed by atoms with van der Waals surface area (Å²) < 4.78 is 41.9. The fourth-order valence-electron chi connectivity index (χ4n) is 1.99. The number of cyclic esters (lactones) is 1. The quantitative estimate of drug-likeness (QED) is 0.704. The third-order valence-electron chi connectivity index (χ3n) is 3.12. The summed E-state index contributed by atoms with van der Waals surface area (Å²) in [5.41, 5.74) is -0.875. The van der Waals surface area contributed by atoms with E-state index in [9.17, 15) is 22.8 Å². The molecule has 1 spiro atoms. The Morgan fingerprint density at radius 1 is 1.33 bits per heavy atom. The Labute approximate surface area is 135 Å². The summed E-state index contributed by atoms with van der Waals surface area (Å²) in [7, 11) is 0. The number of esters is 1. The predicted molar refractivity (Wildman–Crippen MR) is 73.2 cm³/mol. The first kappa shape index (κ1) is 20.0. The van der Waals surface area contributed by atoms with E-state index in [1.165, 1.54) is 4.90 Å². The van der Waals surface area contributed by atoms with Gasteiger partial charge in [-0.05, 0) is 20.8 Å². The van der Waals surface area contributed by atoms with Crippen LogP contribution in [0.25, 0.3) is 0 Å². The maximum atomic E-state index is 11.7. The Morgan fingerprint density at radius 3 is 2.17 bits per heavy atom. The summed E-state index contributed by atoms with van der Waals surface area (Å²) in [5, 5.41) is 10.2. The van der Waals surface area contributed by atoms with Gasteiger partial charge in [-0.15, -0.1) is 0 Å². The minimum Gasteiger partial charge on any atom is -0.475 e. The van der Waals surface area contributed by atoms with Crippen molar-refractivity contribution in [3.63, 3.8) is 0 Å². The molecule has 0 aromatic rings. The minimum atomic E-state index is -5.08. The smallest absolute Gasteiger partial charge is 0.475 e. The molecule has 2 rings (SSSR count). The molecule has 2 fully saturated rings. The van der Waals surface area contributed by atoms with Crippen LogP contribution >= 0.6 is 0 Å². The van der Waals surface area contributed by atoms with E-state index in [0.29, 0.717) is 19.7 Å². The highest BCUT2D eigenvalue weighted by atomic mass is 19.4. The first-order valence-corrected chi connectivity index (χ1v) is 6.94. The largest absolute Gasteiger partial charge is 0.490 e. The van der Waals surface area contributed by atoms with E-state index in [0.717, 1.165) is 0 Å². The maximum Gasteiger partial charge on any atom is 0.490 e. The summed E-state index contributed by atoms with van der Waals surface area (Å²) in [5.74, 6) is -3.16. The average Bonchev–Trinajstić information content (AvgIpc) is 2.64. The van der Waals surface area contributed by atoms with Gasteiger partial charge in [0.15, 0.2) is 0 Å². The lowest BCUT2D eigenvalue weighted by molar-refractivity contribution is -0.192. The Hall–Kier alpha value is -2.04.